The van der Waals surface area contributed by atoms with E-state index < -0.39 is 28.0 Å². The van der Waals surface area contributed by atoms with Crippen LogP contribution in [0.25, 0.3) is 6.20 Å². The fraction of sp³-hybridized carbons (Fsp3) is 0.222. The molecule has 1 aliphatic carbocycles. The van der Waals surface area contributed by atoms with Crippen molar-refractivity contribution in [1.29, 1.82) is 0 Å². The Morgan fingerprint density at radius 3 is 2.68 bits per heavy atom. The molecule has 0 saturated heterocycles. The van der Waals surface area contributed by atoms with Gasteiger partial charge >= 0.3 is 0 Å². The molecule has 1 aromatic carbocycles. The van der Waals surface area contributed by atoms with Crippen LogP contribution >= 0.6 is 23.2 Å². The first-order valence-electron chi connectivity index (χ1n) is 11.4. The van der Waals surface area contributed by atoms with Crippen molar-refractivity contribution in [2.45, 2.75) is 37.0 Å². The number of rotatable bonds is 7. The van der Waals surface area contributed by atoms with Crippen LogP contribution in [0.2, 0.25) is 10.0 Å². The molecule has 0 amide bonds. The highest BCUT2D eigenvalue weighted by molar-refractivity contribution is 7.84. The zero-order chi connectivity index (χ0) is 26.9. The number of nitrogens with zero attached hydrogens (tertiary/aromatic N) is 3. The minimum Gasteiger partial charge on any atom is -0.284 e. The Balaban J connectivity index is 1.74. The lowest BCUT2D eigenvalue weighted by atomic mass is 10.1. The van der Waals surface area contributed by atoms with Crippen molar-refractivity contribution in [3.05, 3.63) is 109 Å². The van der Waals surface area contributed by atoms with Gasteiger partial charge in [0.05, 0.1) is 21.9 Å². The van der Waals surface area contributed by atoms with Gasteiger partial charge in [-0.15, -0.1) is 0 Å². The van der Waals surface area contributed by atoms with E-state index in [9.17, 15) is 9.00 Å². The summed E-state index contributed by atoms with van der Waals surface area (Å²) in [4.78, 5) is 21.5. The van der Waals surface area contributed by atoms with Crippen LogP contribution < -0.4 is 5.56 Å². The van der Waals surface area contributed by atoms with E-state index in [-0.39, 0.29) is 33.0 Å². The fourth-order valence-electron chi connectivity index (χ4n) is 4.17. The third kappa shape index (κ3) is 5.66. The summed E-state index contributed by atoms with van der Waals surface area (Å²) in [5.74, 6) is -1.73. The van der Waals surface area contributed by atoms with E-state index in [1.165, 1.54) is 30.7 Å². The first-order chi connectivity index (χ1) is 17.6. The maximum absolute atomic E-state index is 15.6. The second kappa shape index (κ2) is 11.2. The molecule has 10 heteroatoms. The lowest BCUT2D eigenvalue weighted by Crippen LogP contribution is -2.21. The van der Waals surface area contributed by atoms with E-state index in [0.717, 1.165) is 22.9 Å². The number of hydrogen-bond donors (Lipinski definition) is 0. The van der Waals surface area contributed by atoms with Gasteiger partial charge in [-0.1, -0.05) is 35.3 Å². The number of hydrogen-bond acceptors (Lipinski definition) is 4. The molecule has 192 valence electrons. The topological polar surface area (TPSA) is 64.3 Å². The van der Waals surface area contributed by atoms with Crippen LogP contribution in [0.15, 0.2) is 75.4 Å². The average molecular weight is 562 g/mol. The van der Waals surface area contributed by atoms with Crippen LogP contribution in [-0.2, 0) is 10.8 Å². The molecule has 3 atom stereocenters. The monoisotopic (exact) mass is 561 g/mol. The van der Waals surface area contributed by atoms with Gasteiger partial charge in [0.2, 0.25) is 0 Å². The number of halogens is 4. The first-order valence-corrected chi connectivity index (χ1v) is 13.7. The maximum atomic E-state index is 15.6. The predicted molar refractivity (Wildman–Crippen MR) is 145 cm³/mol. The first kappa shape index (κ1) is 27.1. The van der Waals surface area contributed by atoms with E-state index in [1.807, 2.05) is 0 Å². The van der Waals surface area contributed by atoms with E-state index in [4.69, 9.17) is 23.2 Å². The Bertz CT molecular complexity index is 1550. The molecule has 5 nitrogen and oxygen atoms in total. The maximum Gasteiger partial charge on any atom is 0.273 e. The second-order valence-electron chi connectivity index (χ2n) is 8.59. The summed E-state index contributed by atoms with van der Waals surface area (Å²) < 4.78 is 43.6. The van der Waals surface area contributed by atoms with Gasteiger partial charge in [-0.2, -0.15) is 0 Å². The molecule has 0 radical (unpaired) electrons. The highest BCUT2D eigenvalue weighted by Crippen LogP contribution is 2.55. The third-order valence-corrected chi connectivity index (χ3v) is 7.62. The number of aliphatic imine (C=N–C) groups is 1. The molecule has 0 N–H and O–H groups in total. The normalized spacial score (nSPS) is 18.9. The SMILES string of the molecule is C/C=C/N=C(/C(F)=C/n1c(C)cc(C2CC2c2cc(Cl)ccn2)c(Cl)c1=O)c1cccc(S(C)=O)c1F. The molecule has 4 rings (SSSR count). The molecule has 1 saturated carbocycles. The Morgan fingerprint density at radius 2 is 2.00 bits per heavy atom. The van der Waals surface area contributed by atoms with E-state index in [2.05, 4.69) is 9.98 Å². The zero-order valence-corrected chi connectivity index (χ0v) is 22.5. The number of allylic oxidation sites excluding steroid dienone is 2. The average Bonchev–Trinajstić information content (AvgIpc) is 3.66. The predicted octanol–water partition coefficient (Wildman–Crippen LogP) is 6.80. The molecular formula is C27H23Cl2F2N3O2S. The zero-order valence-electron chi connectivity index (χ0n) is 20.2. The molecule has 2 heterocycles. The molecule has 0 aliphatic heterocycles. The third-order valence-electron chi connectivity index (χ3n) is 6.07. The van der Waals surface area contributed by atoms with Gasteiger partial charge in [0, 0.05) is 46.5 Å². The molecule has 37 heavy (non-hydrogen) atoms. The van der Waals surface area contributed by atoms with Gasteiger partial charge < -0.3 is 0 Å². The van der Waals surface area contributed by atoms with Gasteiger partial charge in [0.1, 0.15) is 16.6 Å². The van der Waals surface area contributed by atoms with E-state index in [0.29, 0.717) is 16.3 Å². The van der Waals surface area contributed by atoms with Crippen molar-refractivity contribution in [2.75, 3.05) is 6.26 Å². The minimum absolute atomic E-state index is 0.00749. The smallest absolute Gasteiger partial charge is 0.273 e. The lowest BCUT2D eigenvalue weighted by Gasteiger charge is -2.12. The summed E-state index contributed by atoms with van der Waals surface area (Å²) in [6.45, 7) is 3.33. The van der Waals surface area contributed by atoms with Crippen LogP contribution in [-0.4, -0.2) is 25.7 Å². The molecule has 1 aliphatic rings. The Morgan fingerprint density at radius 1 is 1.24 bits per heavy atom. The Hall–Kier alpha value is -2.94. The van der Waals surface area contributed by atoms with Gasteiger partial charge in [0.25, 0.3) is 5.56 Å². The van der Waals surface area contributed by atoms with Crippen molar-refractivity contribution < 1.29 is 13.0 Å². The number of benzene rings is 1. The van der Waals surface area contributed by atoms with E-state index in [1.54, 1.807) is 44.3 Å². The van der Waals surface area contributed by atoms with Gasteiger partial charge in [-0.3, -0.25) is 23.5 Å². The highest BCUT2D eigenvalue weighted by atomic mass is 35.5. The Kier molecular flexibility index (Phi) is 8.21. The lowest BCUT2D eigenvalue weighted by molar-refractivity contribution is 0.591. The highest BCUT2D eigenvalue weighted by Gasteiger charge is 2.42. The Labute approximate surface area is 225 Å². The molecule has 1 fully saturated rings. The number of aryl methyl sites for hydroxylation is 1. The van der Waals surface area contributed by atoms with Crippen molar-refractivity contribution >= 4 is 45.9 Å². The number of pyridine rings is 2. The quantitative estimate of drug-likeness (QED) is 0.298. The molecule has 3 aromatic rings. The van der Waals surface area contributed by atoms with Crippen LogP contribution in [0.3, 0.4) is 0 Å². The van der Waals surface area contributed by atoms with Crippen LogP contribution in [0, 0.1) is 12.7 Å². The molecule has 2 aromatic heterocycles. The standard InChI is InChI=1S/C27H23Cl2F2N3O2S/c1-4-9-33-26(17-6-5-7-23(25(17)31)37(3)36)21(30)14-34-15(2)11-20(24(29)27(34)35)18-13-19(18)22-12-16(28)8-10-32-22/h4-12,14,18-19H,13H2,1-3H3/b9-4+,21-14-,33-26+. The summed E-state index contributed by atoms with van der Waals surface area (Å²) in [6.07, 6.45) is 7.52. The largest absolute Gasteiger partial charge is 0.284 e. The van der Waals surface area contributed by atoms with Crippen LogP contribution in [0.1, 0.15) is 47.7 Å². The molecule has 3 unspecified atom stereocenters. The summed E-state index contributed by atoms with van der Waals surface area (Å²) in [7, 11) is -1.63. The van der Waals surface area contributed by atoms with Gasteiger partial charge in [-0.05, 0) is 62.1 Å². The molecule has 0 bridgehead atoms. The van der Waals surface area contributed by atoms with Crippen molar-refractivity contribution in [3.63, 3.8) is 0 Å². The van der Waals surface area contributed by atoms with Crippen LogP contribution in [0.4, 0.5) is 8.78 Å². The van der Waals surface area contributed by atoms with Gasteiger partial charge in [0.15, 0.2) is 5.83 Å². The van der Waals surface area contributed by atoms with E-state index >= 15 is 8.78 Å². The van der Waals surface area contributed by atoms with Crippen LogP contribution in [0.5, 0.6) is 0 Å². The van der Waals surface area contributed by atoms with Gasteiger partial charge in [-0.25, -0.2) is 8.78 Å². The summed E-state index contributed by atoms with van der Waals surface area (Å²) in [5.41, 5.74) is 0.798. The summed E-state index contributed by atoms with van der Waals surface area (Å²) >= 11 is 12.5. The van der Waals surface area contributed by atoms with Crippen molar-refractivity contribution in [3.8, 4) is 0 Å². The minimum atomic E-state index is -1.63. The van der Waals surface area contributed by atoms with Crippen molar-refractivity contribution in [2.24, 2.45) is 4.99 Å². The molecular weight excluding hydrogens is 539 g/mol. The number of aromatic nitrogens is 2. The summed E-state index contributed by atoms with van der Waals surface area (Å²) in [5, 5.41) is 0.558. The summed E-state index contributed by atoms with van der Waals surface area (Å²) in [6, 6.07) is 9.40. The second-order valence-corrected chi connectivity index (χ2v) is 10.7. The van der Waals surface area contributed by atoms with Crippen molar-refractivity contribution in [1.82, 2.24) is 9.55 Å². The fourth-order valence-corrected chi connectivity index (χ4v) is 5.25. The molecule has 0 spiro atoms.